The van der Waals surface area contributed by atoms with E-state index in [1.165, 1.54) is 6.26 Å². The van der Waals surface area contributed by atoms with E-state index in [1.54, 1.807) is 0 Å². The van der Waals surface area contributed by atoms with Crippen molar-refractivity contribution >= 4 is 5.78 Å². The van der Waals surface area contributed by atoms with E-state index in [0.29, 0.717) is 12.0 Å². The first-order chi connectivity index (χ1) is 10.0. The predicted molar refractivity (Wildman–Crippen MR) is 72.1 cm³/mol. The quantitative estimate of drug-likeness (QED) is 0.766. The molecule has 1 atom stereocenters. The normalized spacial score (nSPS) is 18.1. The second-order valence-electron chi connectivity index (χ2n) is 5.20. The monoisotopic (exact) mass is 298 g/mol. The Kier molecular flexibility index (Phi) is 5.04. The first-order valence-corrected chi connectivity index (χ1v) is 7.02. The van der Waals surface area contributed by atoms with Gasteiger partial charge in [-0.1, -0.05) is 13.3 Å². The van der Waals surface area contributed by atoms with Crippen LogP contribution >= 0.6 is 0 Å². The summed E-state index contributed by atoms with van der Waals surface area (Å²) in [4.78, 5) is 12.1. The zero-order valence-corrected chi connectivity index (χ0v) is 11.8. The van der Waals surface area contributed by atoms with E-state index in [0.717, 1.165) is 31.4 Å². The largest absolute Gasteiger partial charge is 0.498 e. The van der Waals surface area contributed by atoms with Crippen molar-refractivity contribution in [2.75, 3.05) is 0 Å². The van der Waals surface area contributed by atoms with Gasteiger partial charge in [-0.15, -0.1) is 0 Å². The van der Waals surface area contributed by atoms with Gasteiger partial charge in [0.1, 0.15) is 0 Å². The van der Waals surface area contributed by atoms with Gasteiger partial charge in [0.2, 0.25) is 0 Å². The van der Waals surface area contributed by atoms with E-state index in [-0.39, 0.29) is 23.9 Å². The van der Waals surface area contributed by atoms with E-state index in [4.69, 9.17) is 4.74 Å². The second-order valence-corrected chi connectivity index (χ2v) is 5.20. The van der Waals surface area contributed by atoms with Crippen LogP contribution in [0.4, 0.5) is 13.2 Å². The molecule has 1 aliphatic rings. The molecule has 1 unspecified atom stereocenters. The highest BCUT2D eigenvalue weighted by molar-refractivity contribution is 5.96. The lowest BCUT2D eigenvalue weighted by Gasteiger charge is -2.22. The van der Waals surface area contributed by atoms with Gasteiger partial charge in [0.25, 0.3) is 0 Å². The summed E-state index contributed by atoms with van der Waals surface area (Å²) in [6.45, 7) is 2.06. The van der Waals surface area contributed by atoms with Gasteiger partial charge in [-0.25, -0.2) is 13.2 Å². The molecule has 114 valence electrons. The molecule has 0 saturated heterocycles. The van der Waals surface area contributed by atoms with Gasteiger partial charge in [-0.3, -0.25) is 4.79 Å². The summed E-state index contributed by atoms with van der Waals surface area (Å²) in [5.41, 5.74) is 0.625. The Morgan fingerprint density at radius 3 is 2.48 bits per heavy atom. The lowest BCUT2D eigenvalue weighted by molar-refractivity contribution is -0.115. The molecule has 0 amide bonds. The number of hydrogen-bond acceptors (Lipinski definition) is 2. The molecule has 0 radical (unpaired) electrons. The number of hydrogen-bond donors (Lipinski definition) is 0. The Hall–Kier alpha value is -1.78. The number of allylic oxidation sites excluding steroid dienone is 1. The summed E-state index contributed by atoms with van der Waals surface area (Å²) >= 11 is 0. The molecule has 2 rings (SSSR count). The van der Waals surface area contributed by atoms with E-state index in [1.807, 2.05) is 0 Å². The van der Waals surface area contributed by atoms with Crippen molar-refractivity contribution in [1.82, 2.24) is 0 Å². The van der Waals surface area contributed by atoms with Crippen LogP contribution in [-0.4, -0.2) is 11.9 Å². The molecule has 0 fully saturated rings. The average molecular weight is 298 g/mol. The number of carbonyl (C=O) groups excluding carboxylic acids is 1. The molecule has 2 nitrogen and oxygen atoms in total. The van der Waals surface area contributed by atoms with Crippen molar-refractivity contribution < 1.29 is 22.7 Å². The summed E-state index contributed by atoms with van der Waals surface area (Å²) in [5, 5.41) is 0. The number of rotatable bonds is 5. The highest BCUT2D eigenvalue weighted by Crippen LogP contribution is 2.23. The zero-order chi connectivity index (χ0) is 15.4. The Bertz CT molecular complexity index is 544. The molecule has 0 spiro atoms. The van der Waals surface area contributed by atoms with Crippen LogP contribution in [-0.2, 0) is 16.0 Å². The number of Topliss-reactive ketones (excluding diaryl/α,β-unsaturated/α-hetero) is 1. The van der Waals surface area contributed by atoms with Crippen LogP contribution in [0.1, 0.15) is 38.2 Å². The fourth-order valence-corrected chi connectivity index (χ4v) is 2.37. The van der Waals surface area contributed by atoms with Crippen LogP contribution in [0.25, 0.3) is 0 Å². The Morgan fingerprint density at radius 1 is 1.29 bits per heavy atom. The van der Waals surface area contributed by atoms with Crippen LogP contribution in [0.2, 0.25) is 0 Å². The number of carbonyl (C=O) groups is 1. The minimum atomic E-state index is -1.52. The van der Waals surface area contributed by atoms with Gasteiger partial charge < -0.3 is 4.74 Å². The summed E-state index contributed by atoms with van der Waals surface area (Å²) in [6.07, 6.45) is 4.71. The molecule has 5 heteroatoms. The molecule has 0 N–H and O–H groups in total. The van der Waals surface area contributed by atoms with E-state index in [9.17, 15) is 18.0 Å². The summed E-state index contributed by atoms with van der Waals surface area (Å²) in [5.74, 6) is -4.34. The van der Waals surface area contributed by atoms with Crippen molar-refractivity contribution in [2.24, 2.45) is 0 Å². The Labute approximate surface area is 121 Å². The molecular weight excluding hydrogens is 281 g/mol. The fourth-order valence-electron chi connectivity index (χ4n) is 2.37. The fraction of sp³-hybridized carbons (Fsp3) is 0.438. The van der Waals surface area contributed by atoms with Crippen molar-refractivity contribution in [2.45, 2.75) is 45.1 Å². The molecule has 0 aliphatic carbocycles. The maximum absolute atomic E-state index is 13.1. The van der Waals surface area contributed by atoms with Crippen LogP contribution < -0.4 is 0 Å². The number of ether oxygens (including phenoxy) is 1. The Morgan fingerprint density at radius 2 is 1.95 bits per heavy atom. The van der Waals surface area contributed by atoms with E-state index < -0.39 is 17.5 Å². The molecular formula is C16H17F3O2. The van der Waals surface area contributed by atoms with Gasteiger partial charge in [0.05, 0.1) is 12.4 Å². The molecule has 1 aromatic carbocycles. The molecule has 0 saturated carbocycles. The number of ketones is 1. The number of halogens is 3. The molecule has 21 heavy (non-hydrogen) atoms. The first kappa shape index (κ1) is 15.6. The highest BCUT2D eigenvalue weighted by atomic mass is 19.2. The van der Waals surface area contributed by atoms with E-state index >= 15 is 0 Å². The third kappa shape index (κ3) is 3.86. The van der Waals surface area contributed by atoms with Gasteiger partial charge >= 0.3 is 0 Å². The van der Waals surface area contributed by atoms with Crippen molar-refractivity contribution in [3.63, 3.8) is 0 Å². The summed E-state index contributed by atoms with van der Waals surface area (Å²) < 4.78 is 44.5. The van der Waals surface area contributed by atoms with Crippen molar-refractivity contribution in [3.05, 3.63) is 47.0 Å². The Balaban J connectivity index is 2.02. The van der Waals surface area contributed by atoms with E-state index in [2.05, 4.69) is 6.92 Å². The third-order valence-electron chi connectivity index (χ3n) is 3.52. The maximum atomic E-state index is 13.1. The minimum absolute atomic E-state index is 0.119. The summed E-state index contributed by atoms with van der Waals surface area (Å²) in [7, 11) is 0. The van der Waals surface area contributed by atoms with Crippen LogP contribution in [0, 0.1) is 17.5 Å². The second kappa shape index (κ2) is 6.78. The van der Waals surface area contributed by atoms with Crippen LogP contribution in [0.15, 0.2) is 24.0 Å². The van der Waals surface area contributed by atoms with Crippen LogP contribution in [0.3, 0.4) is 0 Å². The molecule has 1 aromatic rings. The SMILES string of the molecule is CCCC1CCC(C(=O)Cc2cc(F)c(F)c(F)c2)=CO1. The lowest BCUT2D eigenvalue weighted by Crippen LogP contribution is -2.18. The van der Waals surface area contributed by atoms with Gasteiger partial charge in [-0.05, 0) is 37.0 Å². The highest BCUT2D eigenvalue weighted by Gasteiger charge is 2.20. The predicted octanol–water partition coefficient (Wildman–Crippen LogP) is 4.08. The zero-order valence-electron chi connectivity index (χ0n) is 11.8. The van der Waals surface area contributed by atoms with Crippen LogP contribution in [0.5, 0.6) is 0 Å². The number of benzene rings is 1. The minimum Gasteiger partial charge on any atom is -0.498 e. The van der Waals surface area contributed by atoms with Crippen molar-refractivity contribution in [1.29, 1.82) is 0 Å². The topological polar surface area (TPSA) is 26.3 Å². The average Bonchev–Trinajstić information content (AvgIpc) is 2.45. The molecule has 1 aliphatic heterocycles. The molecule has 0 aromatic heterocycles. The van der Waals surface area contributed by atoms with Gasteiger partial charge in [-0.2, -0.15) is 0 Å². The third-order valence-corrected chi connectivity index (χ3v) is 3.52. The van der Waals surface area contributed by atoms with Gasteiger partial charge in [0, 0.05) is 12.0 Å². The molecule has 1 heterocycles. The van der Waals surface area contributed by atoms with Gasteiger partial charge in [0.15, 0.2) is 23.2 Å². The first-order valence-electron chi connectivity index (χ1n) is 7.02. The van der Waals surface area contributed by atoms with Crippen molar-refractivity contribution in [3.8, 4) is 0 Å². The summed E-state index contributed by atoms with van der Waals surface area (Å²) in [6, 6.07) is 1.70. The smallest absolute Gasteiger partial charge is 0.194 e. The molecule has 0 bridgehead atoms. The lowest BCUT2D eigenvalue weighted by atomic mass is 9.96. The maximum Gasteiger partial charge on any atom is 0.194 e. The standard InChI is InChI=1S/C16H17F3O2/c1-2-3-12-5-4-11(9-21-12)15(20)8-10-6-13(17)16(19)14(18)7-10/h6-7,9,12H,2-5,8H2,1H3.